The second kappa shape index (κ2) is 3.90. The summed E-state index contributed by atoms with van der Waals surface area (Å²) in [5.41, 5.74) is -1.43. The molecule has 0 radical (unpaired) electrons. The van der Waals surface area contributed by atoms with Crippen molar-refractivity contribution in [1.82, 2.24) is 5.01 Å². The van der Waals surface area contributed by atoms with Crippen LogP contribution in [0.1, 0.15) is 15.9 Å². The molecule has 0 saturated carbocycles. The van der Waals surface area contributed by atoms with Crippen molar-refractivity contribution in [3.05, 3.63) is 35.4 Å². The molecule has 2 N–H and O–H groups in total. The van der Waals surface area contributed by atoms with Gasteiger partial charge in [-0.2, -0.15) is 13.2 Å². The first-order valence-corrected chi connectivity index (χ1v) is 4.03. The highest BCUT2D eigenvalue weighted by molar-refractivity contribution is 5.95. The van der Waals surface area contributed by atoms with E-state index in [0.717, 1.165) is 12.1 Å². The molecule has 1 aromatic rings. The Morgan fingerprint density at radius 2 is 1.87 bits per heavy atom. The monoisotopic (exact) mass is 218 g/mol. The Bertz CT molecular complexity index is 374. The number of hydrogen-bond donors (Lipinski definition) is 1. The van der Waals surface area contributed by atoms with Gasteiger partial charge in [0.1, 0.15) is 0 Å². The molecule has 0 spiro atoms. The lowest BCUT2D eigenvalue weighted by molar-refractivity contribution is -0.138. The first-order chi connectivity index (χ1) is 6.84. The van der Waals surface area contributed by atoms with E-state index in [0.29, 0.717) is 5.01 Å². The number of nitrogens with zero attached hydrogens (tertiary/aromatic N) is 1. The van der Waals surface area contributed by atoms with Gasteiger partial charge in [0.15, 0.2) is 0 Å². The summed E-state index contributed by atoms with van der Waals surface area (Å²) < 4.78 is 37.4. The summed E-state index contributed by atoms with van der Waals surface area (Å²) in [5, 5.41) is 0.616. The van der Waals surface area contributed by atoms with E-state index in [2.05, 4.69) is 0 Å². The Labute approximate surface area is 84.3 Å². The van der Waals surface area contributed by atoms with Gasteiger partial charge in [0.2, 0.25) is 0 Å². The first kappa shape index (κ1) is 11.5. The van der Waals surface area contributed by atoms with Crippen LogP contribution >= 0.6 is 0 Å². The van der Waals surface area contributed by atoms with Gasteiger partial charge >= 0.3 is 6.18 Å². The summed E-state index contributed by atoms with van der Waals surface area (Å²) in [6, 6.07) is 4.51. The van der Waals surface area contributed by atoms with Gasteiger partial charge in [-0.15, -0.1) is 0 Å². The molecule has 82 valence electrons. The van der Waals surface area contributed by atoms with Gasteiger partial charge in [-0.3, -0.25) is 9.80 Å². The van der Waals surface area contributed by atoms with Crippen LogP contribution < -0.4 is 5.84 Å². The second-order valence-corrected chi connectivity index (χ2v) is 2.96. The zero-order valence-corrected chi connectivity index (χ0v) is 7.88. The Morgan fingerprint density at radius 1 is 1.33 bits per heavy atom. The largest absolute Gasteiger partial charge is 0.417 e. The third kappa shape index (κ3) is 2.47. The maximum absolute atomic E-state index is 12.5. The minimum atomic E-state index is -4.55. The van der Waals surface area contributed by atoms with E-state index in [1.54, 1.807) is 0 Å². The van der Waals surface area contributed by atoms with Gasteiger partial charge < -0.3 is 0 Å². The van der Waals surface area contributed by atoms with Gasteiger partial charge in [-0.1, -0.05) is 12.1 Å². The molecule has 1 amide bonds. The number of carbonyl (C=O) groups is 1. The molecule has 0 atom stereocenters. The molecular weight excluding hydrogens is 209 g/mol. The molecule has 0 saturated heterocycles. The number of hydrogen-bond acceptors (Lipinski definition) is 2. The first-order valence-electron chi connectivity index (χ1n) is 4.03. The molecule has 0 fully saturated rings. The topological polar surface area (TPSA) is 46.3 Å². The van der Waals surface area contributed by atoms with E-state index in [9.17, 15) is 18.0 Å². The Balaban J connectivity index is 3.25. The highest BCUT2D eigenvalue weighted by atomic mass is 19.4. The maximum atomic E-state index is 12.5. The van der Waals surface area contributed by atoms with Gasteiger partial charge in [-0.25, -0.2) is 5.84 Å². The van der Waals surface area contributed by atoms with Crippen molar-refractivity contribution in [2.24, 2.45) is 5.84 Å². The predicted molar refractivity (Wildman–Crippen MR) is 47.7 cm³/mol. The highest BCUT2D eigenvalue weighted by Gasteiger charge is 2.35. The molecule has 0 aromatic heterocycles. The van der Waals surface area contributed by atoms with Crippen LogP contribution in [-0.2, 0) is 6.18 Å². The van der Waals surface area contributed by atoms with Crippen molar-refractivity contribution >= 4 is 5.91 Å². The minimum Gasteiger partial charge on any atom is -0.280 e. The van der Waals surface area contributed by atoms with Gasteiger partial charge in [0.25, 0.3) is 5.91 Å². The van der Waals surface area contributed by atoms with E-state index >= 15 is 0 Å². The Kier molecular flexibility index (Phi) is 2.99. The normalized spacial score (nSPS) is 11.3. The average molecular weight is 218 g/mol. The van der Waals surface area contributed by atoms with Crippen LogP contribution in [0.2, 0.25) is 0 Å². The maximum Gasteiger partial charge on any atom is 0.417 e. The highest BCUT2D eigenvalue weighted by Crippen LogP contribution is 2.31. The number of nitrogens with two attached hydrogens (primary N) is 1. The zero-order valence-electron chi connectivity index (χ0n) is 7.88. The minimum absolute atomic E-state index is 0.449. The molecule has 15 heavy (non-hydrogen) atoms. The van der Waals surface area contributed by atoms with E-state index in [1.807, 2.05) is 0 Å². The fourth-order valence-corrected chi connectivity index (χ4v) is 1.11. The molecule has 0 aliphatic carbocycles. The summed E-state index contributed by atoms with van der Waals surface area (Å²) in [4.78, 5) is 11.3. The number of halogens is 3. The lowest BCUT2D eigenvalue weighted by Gasteiger charge is -2.15. The molecule has 1 rings (SSSR count). The van der Waals surface area contributed by atoms with Gasteiger partial charge in [0, 0.05) is 7.05 Å². The van der Waals surface area contributed by atoms with E-state index in [-0.39, 0.29) is 0 Å². The predicted octanol–water partition coefficient (Wildman–Crippen LogP) is 1.65. The van der Waals surface area contributed by atoms with E-state index in [1.165, 1.54) is 19.2 Å². The molecule has 0 aliphatic heterocycles. The Morgan fingerprint density at radius 3 is 2.33 bits per heavy atom. The Hall–Kier alpha value is -1.56. The second-order valence-electron chi connectivity index (χ2n) is 2.96. The molecule has 1 aromatic carbocycles. The summed E-state index contributed by atoms with van der Waals surface area (Å²) in [6.45, 7) is 0. The molecule has 3 nitrogen and oxygen atoms in total. The number of rotatable bonds is 1. The van der Waals surface area contributed by atoms with Crippen LogP contribution in [0.25, 0.3) is 0 Å². The number of carbonyl (C=O) groups excluding carboxylic acids is 1. The van der Waals surface area contributed by atoms with Crippen LogP contribution in [0.5, 0.6) is 0 Å². The van der Waals surface area contributed by atoms with Crippen molar-refractivity contribution in [2.45, 2.75) is 6.18 Å². The lowest BCUT2D eigenvalue weighted by atomic mass is 10.1. The van der Waals surface area contributed by atoms with Crippen molar-refractivity contribution in [3.63, 3.8) is 0 Å². The van der Waals surface area contributed by atoms with Crippen LogP contribution in [-0.4, -0.2) is 18.0 Å². The van der Waals surface area contributed by atoms with Crippen molar-refractivity contribution in [1.29, 1.82) is 0 Å². The third-order valence-electron chi connectivity index (χ3n) is 1.78. The van der Waals surface area contributed by atoms with Crippen molar-refractivity contribution in [2.75, 3.05) is 7.05 Å². The standard InChI is InChI=1S/C9H9F3N2O/c1-14(13)8(15)6-4-2-3-5-7(6)9(10,11)12/h2-5H,13H2,1H3. The van der Waals surface area contributed by atoms with Gasteiger partial charge in [-0.05, 0) is 12.1 Å². The molecule has 0 unspecified atom stereocenters. The summed E-state index contributed by atoms with van der Waals surface area (Å²) in [6.07, 6.45) is -4.55. The summed E-state index contributed by atoms with van der Waals surface area (Å²) in [7, 11) is 1.19. The quantitative estimate of drug-likeness (QED) is 0.442. The molecule has 0 heterocycles. The SMILES string of the molecule is CN(N)C(=O)c1ccccc1C(F)(F)F. The molecule has 0 bridgehead atoms. The number of amides is 1. The van der Waals surface area contributed by atoms with Crippen LogP contribution in [0.15, 0.2) is 24.3 Å². The summed E-state index contributed by atoms with van der Waals surface area (Å²) >= 11 is 0. The van der Waals surface area contributed by atoms with Crippen LogP contribution in [0.4, 0.5) is 13.2 Å². The van der Waals surface area contributed by atoms with Crippen LogP contribution in [0, 0.1) is 0 Å². The smallest absolute Gasteiger partial charge is 0.280 e. The van der Waals surface area contributed by atoms with Crippen molar-refractivity contribution < 1.29 is 18.0 Å². The van der Waals surface area contributed by atoms with E-state index < -0.39 is 23.2 Å². The molecule has 6 heteroatoms. The van der Waals surface area contributed by atoms with Gasteiger partial charge in [0.05, 0.1) is 11.1 Å². The van der Waals surface area contributed by atoms with Crippen LogP contribution in [0.3, 0.4) is 0 Å². The number of benzene rings is 1. The fraction of sp³-hybridized carbons (Fsp3) is 0.222. The number of alkyl halides is 3. The fourth-order valence-electron chi connectivity index (χ4n) is 1.11. The molecule has 0 aliphatic rings. The lowest BCUT2D eigenvalue weighted by Crippen LogP contribution is -2.34. The summed E-state index contributed by atoms with van der Waals surface area (Å²) in [5.74, 6) is 4.22. The van der Waals surface area contributed by atoms with Crippen molar-refractivity contribution in [3.8, 4) is 0 Å². The number of hydrazine groups is 1. The van der Waals surface area contributed by atoms with E-state index in [4.69, 9.17) is 5.84 Å². The average Bonchev–Trinajstić information content (AvgIpc) is 2.15. The molecular formula is C9H9F3N2O. The third-order valence-corrected chi connectivity index (χ3v) is 1.78. The zero-order chi connectivity index (χ0) is 11.6.